The van der Waals surface area contributed by atoms with E-state index in [0.717, 1.165) is 11.4 Å². The van der Waals surface area contributed by atoms with Crippen LogP contribution in [0.4, 0.5) is 21.6 Å². The Morgan fingerprint density at radius 1 is 0.800 bits per heavy atom. The van der Waals surface area contributed by atoms with Gasteiger partial charge in [0.2, 0.25) is 11.8 Å². The van der Waals surface area contributed by atoms with Gasteiger partial charge in [-0.25, -0.2) is 9.97 Å². The van der Waals surface area contributed by atoms with Crippen LogP contribution in [0.2, 0.25) is 0 Å². The maximum atomic E-state index is 13.1. The molecule has 2 aromatic heterocycles. The predicted molar refractivity (Wildman–Crippen MR) is 139 cm³/mol. The Bertz CT molecular complexity index is 1330. The van der Waals surface area contributed by atoms with Crippen LogP contribution >= 0.6 is 22.7 Å². The van der Waals surface area contributed by atoms with E-state index in [-0.39, 0.29) is 5.91 Å². The predicted octanol–water partition coefficient (Wildman–Crippen LogP) is 4.41. The number of hydrogen-bond donors (Lipinski definition) is 4. The van der Waals surface area contributed by atoms with Crippen molar-refractivity contribution in [1.29, 1.82) is 0 Å². The molecule has 2 aromatic carbocycles. The number of carbonyl (C=O) groups is 3. The fourth-order valence-electron chi connectivity index (χ4n) is 3.23. The second-order valence-corrected chi connectivity index (χ2v) is 9.38. The third kappa shape index (κ3) is 5.89. The molecule has 4 aromatic rings. The van der Waals surface area contributed by atoms with Crippen molar-refractivity contribution in [3.8, 4) is 0 Å². The van der Waals surface area contributed by atoms with E-state index in [9.17, 15) is 14.4 Å². The van der Waals surface area contributed by atoms with Gasteiger partial charge >= 0.3 is 0 Å². The van der Waals surface area contributed by atoms with Gasteiger partial charge in [-0.05, 0) is 43.7 Å². The Labute approximate surface area is 209 Å². The number of nitrogens with one attached hydrogen (secondary N) is 3. The Morgan fingerprint density at radius 2 is 1.34 bits per heavy atom. The molecule has 0 saturated carbocycles. The van der Waals surface area contributed by atoms with Gasteiger partial charge in [0.05, 0.1) is 22.8 Å². The minimum Gasteiger partial charge on any atom is -0.397 e. The van der Waals surface area contributed by atoms with Crippen LogP contribution in [-0.4, -0.2) is 27.7 Å². The van der Waals surface area contributed by atoms with E-state index in [4.69, 9.17) is 5.73 Å². The molecule has 35 heavy (non-hydrogen) atoms. The van der Waals surface area contributed by atoms with Crippen molar-refractivity contribution >= 4 is 62.0 Å². The summed E-state index contributed by atoms with van der Waals surface area (Å²) in [6, 6.07) is 13.2. The molecule has 0 spiro atoms. The third-order valence-corrected chi connectivity index (χ3v) is 6.69. The summed E-state index contributed by atoms with van der Waals surface area (Å²) in [7, 11) is 0. The fourth-order valence-corrected chi connectivity index (χ4v) is 4.61. The average molecular weight is 507 g/mol. The van der Waals surface area contributed by atoms with Crippen LogP contribution in [0.3, 0.4) is 0 Å². The van der Waals surface area contributed by atoms with Gasteiger partial charge in [0.15, 0.2) is 10.3 Å². The van der Waals surface area contributed by atoms with E-state index < -0.39 is 17.7 Å². The minimum atomic E-state index is -1.19. The quantitative estimate of drug-likeness (QED) is 0.216. The molecule has 0 aliphatic heterocycles. The first-order chi connectivity index (χ1) is 16.8. The molecule has 178 valence electrons. The highest BCUT2D eigenvalue weighted by atomic mass is 32.1. The molecule has 0 bridgehead atoms. The molecule has 5 N–H and O–H groups in total. The second-order valence-electron chi connectivity index (χ2n) is 7.66. The summed E-state index contributed by atoms with van der Waals surface area (Å²) in [6.45, 7) is 3.63. The van der Waals surface area contributed by atoms with Crippen molar-refractivity contribution in [3.05, 3.63) is 81.8 Å². The number of para-hydroxylation sites is 2. The zero-order valence-electron chi connectivity index (χ0n) is 18.9. The fraction of sp³-hybridized carbons (Fsp3) is 0.125. The summed E-state index contributed by atoms with van der Waals surface area (Å²) in [4.78, 5) is 47.4. The first-order valence-corrected chi connectivity index (χ1v) is 12.3. The standard InChI is InChI=1S/C24H22N6O3S2/c1-13-11-34-23(26-13)29-21(32)19(22(33)30-24-27-14(2)12-35-24)15-7-9-16(10-8-15)20(31)28-18-6-4-3-5-17(18)25/h3-12,19H,25H2,1-2H3,(H,28,31)(H,26,29,32)(H,27,30,33). The molecule has 0 unspecified atom stereocenters. The first-order valence-electron chi connectivity index (χ1n) is 10.5. The summed E-state index contributed by atoms with van der Waals surface area (Å²) >= 11 is 2.54. The molecule has 2 heterocycles. The molecule has 4 rings (SSSR count). The van der Waals surface area contributed by atoms with Gasteiger partial charge in [0.25, 0.3) is 5.91 Å². The average Bonchev–Trinajstić information content (AvgIpc) is 3.43. The molecule has 0 atom stereocenters. The van der Waals surface area contributed by atoms with Crippen molar-refractivity contribution in [2.24, 2.45) is 0 Å². The number of benzene rings is 2. The van der Waals surface area contributed by atoms with Gasteiger partial charge in [0.1, 0.15) is 5.92 Å². The Hall–Kier alpha value is -4.09. The number of nitrogen functional groups attached to an aromatic ring is 1. The lowest BCUT2D eigenvalue weighted by molar-refractivity contribution is -0.125. The maximum absolute atomic E-state index is 13.1. The van der Waals surface area contributed by atoms with Gasteiger partial charge in [-0.2, -0.15) is 0 Å². The summed E-state index contributed by atoms with van der Waals surface area (Å²) in [5, 5.41) is 12.6. The Morgan fingerprint density at radius 3 is 1.83 bits per heavy atom. The number of thiazole rings is 2. The minimum absolute atomic E-state index is 0.350. The van der Waals surface area contributed by atoms with Gasteiger partial charge in [-0.15, -0.1) is 22.7 Å². The molecule has 11 heteroatoms. The second kappa shape index (κ2) is 10.5. The van der Waals surface area contributed by atoms with E-state index in [0.29, 0.717) is 32.8 Å². The number of nitrogens with two attached hydrogens (primary N) is 1. The number of aryl methyl sites for hydroxylation is 2. The lowest BCUT2D eigenvalue weighted by atomic mass is 9.96. The number of carbonyl (C=O) groups excluding carboxylic acids is 3. The Balaban J connectivity index is 1.56. The molecule has 9 nitrogen and oxygen atoms in total. The summed E-state index contributed by atoms with van der Waals surface area (Å²) < 4.78 is 0. The molecule has 0 radical (unpaired) electrons. The molecule has 3 amide bonds. The zero-order chi connectivity index (χ0) is 24.9. The van der Waals surface area contributed by atoms with E-state index in [1.54, 1.807) is 59.3 Å². The molecule has 0 aliphatic rings. The largest absolute Gasteiger partial charge is 0.397 e. The lowest BCUT2D eigenvalue weighted by Gasteiger charge is -2.16. The van der Waals surface area contributed by atoms with Gasteiger partial charge in [-0.1, -0.05) is 24.3 Å². The Kier molecular flexibility index (Phi) is 7.18. The van der Waals surface area contributed by atoms with Crippen molar-refractivity contribution in [3.63, 3.8) is 0 Å². The number of aromatic nitrogens is 2. The maximum Gasteiger partial charge on any atom is 0.255 e. The van der Waals surface area contributed by atoms with Gasteiger partial charge in [-0.3, -0.25) is 14.4 Å². The van der Waals surface area contributed by atoms with E-state index in [1.807, 2.05) is 13.8 Å². The summed E-state index contributed by atoms with van der Waals surface area (Å²) in [6.07, 6.45) is 0. The van der Waals surface area contributed by atoms with Crippen LogP contribution < -0.4 is 21.7 Å². The van der Waals surface area contributed by atoms with Crippen molar-refractivity contribution in [1.82, 2.24) is 9.97 Å². The van der Waals surface area contributed by atoms with Crippen LogP contribution in [0.1, 0.15) is 33.2 Å². The van der Waals surface area contributed by atoms with E-state index in [2.05, 4.69) is 25.9 Å². The smallest absolute Gasteiger partial charge is 0.255 e. The summed E-state index contributed by atoms with van der Waals surface area (Å²) in [5.74, 6) is -2.64. The van der Waals surface area contributed by atoms with E-state index in [1.165, 1.54) is 22.7 Å². The number of nitrogens with zero attached hydrogens (tertiary/aromatic N) is 2. The van der Waals surface area contributed by atoms with Crippen LogP contribution in [0.5, 0.6) is 0 Å². The SMILES string of the molecule is Cc1csc(NC(=O)C(C(=O)Nc2nc(C)cs2)c2ccc(C(=O)Nc3ccccc3N)cc2)n1. The van der Waals surface area contributed by atoms with Gasteiger partial charge in [0, 0.05) is 16.3 Å². The third-order valence-electron chi connectivity index (χ3n) is 4.94. The monoisotopic (exact) mass is 506 g/mol. The van der Waals surface area contributed by atoms with Gasteiger partial charge < -0.3 is 21.7 Å². The number of hydrogen-bond acceptors (Lipinski definition) is 8. The topological polar surface area (TPSA) is 139 Å². The number of anilines is 4. The van der Waals surface area contributed by atoms with Crippen molar-refractivity contribution in [2.75, 3.05) is 21.7 Å². The molecular weight excluding hydrogens is 484 g/mol. The summed E-state index contributed by atoms with van der Waals surface area (Å²) in [5.41, 5.74) is 9.13. The molecule has 0 fully saturated rings. The van der Waals surface area contributed by atoms with Crippen LogP contribution in [0, 0.1) is 13.8 Å². The highest BCUT2D eigenvalue weighted by Gasteiger charge is 2.30. The van der Waals surface area contributed by atoms with E-state index >= 15 is 0 Å². The first kappa shape index (κ1) is 24.0. The van der Waals surface area contributed by atoms with Crippen LogP contribution in [0.25, 0.3) is 0 Å². The van der Waals surface area contributed by atoms with Crippen molar-refractivity contribution < 1.29 is 14.4 Å². The highest BCUT2D eigenvalue weighted by molar-refractivity contribution is 7.14. The normalized spacial score (nSPS) is 10.7. The van der Waals surface area contributed by atoms with Crippen LogP contribution in [-0.2, 0) is 9.59 Å². The lowest BCUT2D eigenvalue weighted by Crippen LogP contribution is -2.32. The number of rotatable bonds is 7. The van der Waals surface area contributed by atoms with Crippen molar-refractivity contribution in [2.45, 2.75) is 19.8 Å². The van der Waals surface area contributed by atoms with Crippen LogP contribution in [0.15, 0.2) is 59.3 Å². The molecule has 0 aliphatic carbocycles. The number of amides is 3. The zero-order valence-corrected chi connectivity index (χ0v) is 20.5. The highest BCUT2D eigenvalue weighted by Crippen LogP contribution is 2.25. The molecule has 0 saturated heterocycles. The molecular formula is C24H22N6O3S2.